The van der Waals surface area contributed by atoms with E-state index in [1.807, 2.05) is 12.1 Å². The highest BCUT2D eigenvalue weighted by Crippen LogP contribution is 2.29. The van der Waals surface area contributed by atoms with Crippen molar-refractivity contribution in [2.75, 3.05) is 26.6 Å². The number of hydrogen-bond donors (Lipinski definition) is 1. The van der Waals surface area contributed by atoms with Crippen LogP contribution >= 0.6 is 11.6 Å². The molecule has 0 aliphatic heterocycles. The summed E-state index contributed by atoms with van der Waals surface area (Å²) in [6, 6.07) is 5.99. The molecule has 0 saturated carbocycles. The van der Waals surface area contributed by atoms with Crippen molar-refractivity contribution in [1.82, 2.24) is 5.32 Å². The van der Waals surface area contributed by atoms with E-state index in [-0.39, 0.29) is 5.41 Å². The van der Waals surface area contributed by atoms with Gasteiger partial charge in [0.25, 0.3) is 0 Å². The predicted molar refractivity (Wildman–Crippen MR) is 85.0 cm³/mol. The van der Waals surface area contributed by atoms with Crippen molar-refractivity contribution in [3.63, 3.8) is 0 Å². The zero-order chi connectivity index (χ0) is 15.0. The minimum Gasteiger partial charge on any atom is -0.493 e. The minimum atomic E-state index is 0.193. The number of alkyl halides is 1. The van der Waals surface area contributed by atoms with E-state index in [4.69, 9.17) is 21.1 Å². The van der Waals surface area contributed by atoms with Gasteiger partial charge in [0.1, 0.15) is 0 Å². The van der Waals surface area contributed by atoms with Crippen molar-refractivity contribution in [3.8, 4) is 11.5 Å². The summed E-state index contributed by atoms with van der Waals surface area (Å²) >= 11 is 6.12. The van der Waals surface area contributed by atoms with Gasteiger partial charge in [-0.15, -0.1) is 11.6 Å². The van der Waals surface area contributed by atoms with E-state index in [0.717, 1.165) is 37.4 Å². The molecule has 20 heavy (non-hydrogen) atoms. The van der Waals surface area contributed by atoms with Crippen molar-refractivity contribution in [2.24, 2.45) is 5.41 Å². The fraction of sp³-hybridized carbons (Fsp3) is 0.625. The normalized spacial score (nSPS) is 11.4. The monoisotopic (exact) mass is 299 g/mol. The summed E-state index contributed by atoms with van der Waals surface area (Å²) in [7, 11) is 3.30. The van der Waals surface area contributed by atoms with Gasteiger partial charge >= 0.3 is 0 Å². The second-order valence-electron chi connectivity index (χ2n) is 5.13. The number of benzene rings is 1. The van der Waals surface area contributed by atoms with Gasteiger partial charge in [0, 0.05) is 19.0 Å². The Hall–Kier alpha value is -0.930. The van der Waals surface area contributed by atoms with Crippen LogP contribution in [-0.2, 0) is 6.54 Å². The standard InChI is InChI=1S/C16H26ClNO2/c1-5-16(6-2,11-17)12-18-10-13-7-8-14(19-3)15(9-13)20-4/h7-9,18H,5-6,10-12H2,1-4H3. The maximum Gasteiger partial charge on any atom is 0.161 e. The van der Waals surface area contributed by atoms with Gasteiger partial charge < -0.3 is 14.8 Å². The van der Waals surface area contributed by atoms with Gasteiger partial charge in [0.2, 0.25) is 0 Å². The maximum absolute atomic E-state index is 6.12. The van der Waals surface area contributed by atoms with E-state index in [1.54, 1.807) is 14.2 Å². The van der Waals surface area contributed by atoms with Crippen molar-refractivity contribution in [1.29, 1.82) is 0 Å². The topological polar surface area (TPSA) is 30.5 Å². The first-order valence-corrected chi connectivity index (χ1v) is 7.65. The number of methoxy groups -OCH3 is 2. The first-order valence-electron chi connectivity index (χ1n) is 7.12. The molecule has 0 aromatic heterocycles. The molecular formula is C16H26ClNO2. The molecule has 0 radical (unpaired) electrons. The number of rotatable bonds is 9. The van der Waals surface area contributed by atoms with Crippen LogP contribution < -0.4 is 14.8 Å². The summed E-state index contributed by atoms with van der Waals surface area (Å²) in [5.74, 6) is 2.22. The van der Waals surface area contributed by atoms with E-state index in [0.29, 0.717) is 5.88 Å². The van der Waals surface area contributed by atoms with Gasteiger partial charge in [-0.2, -0.15) is 0 Å². The Balaban J connectivity index is 2.62. The van der Waals surface area contributed by atoms with Crippen molar-refractivity contribution >= 4 is 11.6 Å². The van der Waals surface area contributed by atoms with Gasteiger partial charge in [-0.3, -0.25) is 0 Å². The maximum atomic E-state index is 6.12. The van der Waals surface area contributed by atoms with Gasteiger partial charge in [-0.1, -0.05) is 19.9 Å². The summed E-state index contributed by atoms with van der Waals surface area (Å²) in [6.07, 6.45) is 2.18. The highest BCUT2D eigenvalue weighted by Gasteiger charge is 2.24. The molecule has 0 amide bonds. The molecule has 0 heterocycles. The quantitative estimate of drug-likeness (QED) is 0.703. The van der Waals surface area contributed by atoms with Crippen LogP contribution in [0.4, 0.5) is 0 Å². The summed E-state index contributed by atoms with van der Waals surface area (Å²) in [4.78, 5) is 0. The lowest BCUT2D eigenvalue weighted by Gasteiger charge is -2.29. The molecular weight excluding hydrogens is 274 g/mol. The highest BCUT2D eigenvalue weighted by molar-refractivity contribution is 6.18. The van der Waals surface area contributed by atoms with Crippen LogP contribution in [0.25, 0.3) is 0 Å². The first-order chi connectivity index (χ1) is 9.64. The Bertz CT molecular complexity index is 397. The van der Waals surface area contributed by atoms with E-state index in [2.05, 4.69) is 25.2 Å². The SMILES string of the molecule is CCC(CC)(CCl)CNCc1ccc(OC)c(OC)c1. The average Bonchev–Trinajstić information content (AvgIpc) is 2.51. The third kappa shape index (κ3) is 4.29. The van der Waals surface area contributed by atoms with Gasteiger partial charge in [0.05, 0.1) is 14.2 Å². The van der Waals surface area contributed by atoms with Crippen LogP contribution in [0.1, 0.15) is 32.3 Å². The number of hydrogen-bond acceptors (Lipinski definition) is 3. The lowest BCUT2D eigenvalue weighted by atomic mass is 9.84. The van der Waals surface area contributed by atoms with E-state index >= 15 is 0 Å². The molecule has 114 valence electrons. The molecule has 4 heteroatoms. The summed E-state index contributed by atoms with van der Waals surface area (Å²) in [5, 5.41) is 3.50. The van der Waals surface area contributed by atoms with Gasteiger partial charge in [-0.05, 0) is 36.0 Å². The molecule has 1 rings (SSSR count). The molecule has 0 unspecified atom stereocenters. The third-order valence-electron chi connectivity index (χ3n) is 4.06. The Morgan fingerprint density at radius 2 is 1.75 bits per heavy atom. The molecule has 1 aromatic rings. The van der Waals surface area contributed by atoms with Crippen LogP contribution in [0, 0.1) is 5.41 Å². The zero-order valence-corrected chi connectivity index (χ0v) is 13.7. The molecule has 0 aliphatic carbocycles. The molecule has 0 saturated heterocycles. The van der Waals surface area contributed by atoms with E-state index in [1.165, 1.54) is 5.56 Å². The lowest BCUT2D eigenvalue weighted by molar-refractivity contribution is 0.286. The van der Waals surface area contributed by atoms with Crippen LogP contribution in [0.2, 0.25) is 0 Å². The average molecular weight is 300 g/mol. The third-order valence-corrected chi connectivity index (χ3v) is 4.63. The molecule has 0 atom stereocenters. The molecule has 0 aliphatic rings. The molecule has 0 spiro atoms. The van der Waals surface area contributed by atoms with Gasteiger partial charge in [-0.25, -0.2) is 0 Å². The molecule has 3 nitrogen and oxygen atoms in total. The lowest BCUT2D eigenvalue weighted by Crippen LogP contribution is -2.34. The van der Waals surface area contributed by atoms with Crippen molar-refractivity contribution in [3.05, 3.63) is 23.8 Å². The smallest absolute Gasteiger partial charge is 0.161 e. The van der Waals surface area contributed by atoms with Crippen LogP contribution in [0.3, 0.4) is 0 Å². The van der Waals surface area contributed by atoms with Crippen LogP contribution in [0.15, 0.2) is 18.2 Å². The summed E-state index contributed by atoms with van der Waals surface area (Å²) in [6.45, 7) is 6.13. The Kier molecular flexibility index (Phi) is 7.17. The minimum absolute atomic E-state index is 0.193. The Morgan fingerprint density at radius 1 is 1.10 bits per heavy atom. The zero-order valence-electron chi connectivity index (χ0n) is 13.0. The Morgan fingerprint density at radius 3 is 2.25 bits per heavy atom. The second-order valence-corrected chi connectivity index (χ2v) is 5.40. The van der Waals surface area contributed by atoms with Crippen molar-refractivity contribution < 1.29 is 9.47 Å². The molecule has 0 bridgehead atoms. The largest absolute Gasteiger partial charge is 0.493 e. The van der Waals surface area contributed by atoms with Gasteiger partial charge in [0.15, 0.2) is 11.5 Å². The van der Waals surface area contributed by atoms with E-state index < -0.39 is 0 Å². The molecule has 1 aromatic carbocycles. The molecule has 0 fully saturated rings. The second kappa shape index (κ2) is 8.38. The van der Waals surface area contributed by atoms with Crippen molar-refractivity contribution in [2.45, 2.75) is 33.2 Å². The molecule has 1 N–H and O–H groups in total. The fourth-order valence-corrected chi connectivity index (χ4v) is 2.67. The number of ether oxygens (including phenoxy) is 2. The number of nitrogens with one attached hydrogen (secondary N) is 1. The highest BCUT2D eigenvalue weighted by atomic mass is 35.5. The van der Waals surface area contributed by atoms with E-state index in [9.17, 15) is 0 Å². The fourth-order valence-electron chi connectivity index (χ4n) is 2.20. The summed E-state index contributed by atoms with van der Waals surface area (Å²) in [5.41, 5.74) is 1.37. The Labute approximate surface area is 127 Å². The van der Waals surface area contributed by atoms with Crippen LogP contribution in [-0.4, -0.2) is 26.6 Å². The predicted octanol–water partition coefficient (Wildman–Crippen LogP) is 3.84. The van der Waals surface area contributed by atoms with Crippen LogP contribution in [0.5, 0.6) is 11.5 Å². The summed E-state index contributed by atoms with van der Waals surface area (Å²) < 4.78 is 10.6. The first kappa shape index (κ1) is 17.1. The number of halogens is 1.